The highest BCUT2D eigenvalue weighted by Gasteiger charge is 2.28. The summed E-state index contributed by atoms with van der Waals surface area (Å²) in [4.78, 5) is 12.5. The average molecular weight is 818 g/mol. The summed E-state index contributed by atoms with van der Waals surface area (Å²) >= 11 is 0. The molecular formula is C52H99NO5. The summed E-state index contributed by atoms with van der Waals surface area (Å²) in [7, 11) is 0. The molecule has 0 rings (SSSR count). The first-order chi connectivity index (χ1) is 28.5. The average Bonchev–Trinajstić information content (AvgIpc) is 3.23. The van der Waals surface area contributed by atoms with E-state index < -0.39 is 36.9 Å². The summed E-state index contributed by atoms with van der Waals surface area (Å²) in [5.41, 5.74) is 0. The maximum atomic E-state index is 12.5. The standard InChI is InChI=1S/C52H99NO5/c1-3-5-7-9-11-13-15-17-19-21-22-23-24-25-26-27-28-29-30-32-33-35-37-39-41-43-45-49(55)51(57)48(47-54)53-52(58)50(56)46-44-42-40-38-36-34-31-20-18-16-14-12-10-8-6-4-2/h18,20,30,32,37,39,48-51,54-57H,3-17,19,21-29,31,33-36,38,40-47H2,1-2H3,(H,53,58)/b20-18-,32-30+,39-37+. The van der Waals surface area contributed by atoms with Crippen molar-refractivity contribution in [2.75, 3.05) is 6.61 Å². The van der Waals surface area contributed by atoms with Gasteiger partial charge in [-0.2, -0.15) is 0 Å². The Balaban J connectivity index is 3.73. The van der Waals surface area contributed by atoms with Crippen LogP contribution in [0.1, 0.15) is 258 Å². The highest BCUT2D eigenvalue weighted by atomic mass is 16.3. The molecule has 6 nitrogen and oxygen atoms in total. The third kappa shape index (κ3) is 40.0. The fraction of sp³-hybridized carbons (Fsp3) is 0.865. The smallest absolute Gasteiger partial charge is 0.249 e. The third-order valence-electron chi connectivity index (χ3n) is 11.8. The molecule has 1 amide bonds. The molecule has 0 aromatic carbocycles. The summed E-state index contributed by atoms with van der Waals surface area (Å²) < 4.78 is 0. The molecule has 0 saturated carbocycles. The predicted molar refractivity (Wildman–Crippen MR) is 251 cm³/mol. The zero-order valence-corrected chi connectivity index (χ0v) is 38.5. The number of rotatable bonds is 46. The zero-order valence-electron chi connectivity index (χ0n) is 38.5. The van der Waals surface area contributed by atoms with Crippen molar-refractivity contribution in [1.29, 1.82) is 0 Å². The Labute approximate surface area is 360 Å². The van der Waals surface area contributed by atoms with Crippen molar-refractivity contribution in [1.82, 2.24) is 5.32 Å². The molecule has 4 atom stereocenters. The molecule has 0 aliphatic rings. The number of allylic oxidation sites excluding steroid dienone is 6. The second-order valence-corrected chi connectivity index (χ2v) is 17.5. The van der Waals surface area contributed by atoms with Gasteiger partial charge in [0.25, 0.3) is 0 Å². The van der Waals surface area contributed by atoms with Crippen LogP contribution in [0, 0.1) is 0 Å². The van der Waals surface area contributed by atoms with Gasteiger partial charge in [-0.25, -0.2) is 0 Å². The topological polar surface area (TPSA) is 110 Å². The van der Waals surface area contributed by atoms with Gasteiger partial charge in [0.1, 0.15) is 12.2 Å². The highest BCUT2D eigenvalue weighted by molar-refractivity contribution is 5.80. The molecule has 58 heavy (non-hydrogen) atoms. The molecule has 0 aliphatic heterocycles. The van der Waals surface area contributed by atoms with Gasteiger partial charge in [-0.1, -0.05) is 217 Å². The number of hydrogen-bond donors (Lipinski definition) is 5. The van der Waals surface area contributed by atoms with E-state index in [1.807, 2.05) is 0 Å². The largest absolute Gasteiger partial charge is 0.394 e. The van der Waals surface area contributed by atoms with Gasteiger partial charge in [0.15, 0.2) is 0 Å². The number of carbonyl (C=O) groups is 1. The van der Waals surface area contributed by atoms with Crippen LogP contribution in [0.2, 0.25) is 0 Å². The lowest BCUT2D eigenvalue weighted by molar-refractivity contribution is -0.132. The Morgan fingerprint density at radius 3 is 1.09 bits per heavy atom. The minimum Gasteiger partial charge on any atom is -0.394 e. The highest BCUT2D eigenvalue weighted by Crippen LogP contribution is 2.16. The summed E-state index contributed by atoms with van der Waals surface area (Å²) in [6.45, 7) is 4.04. The Bertz CT molecular complexity index is 919. The van der Waals surface area contributed by atoms with Crippen LogP contribution in [-0.4, -0.2) is 57.3 Å². The lowest BCUT2D eigenvalue weighted by Gasteiger charge is -2.27. The van der Waals surface area contributed by atoms with Gasteiger partial charge >= 0.3 is 0 Å². The van der Waals surface area contributed by atoms with E-state index in [1.165, 1.54) is 173 Å². The lowest BCUT2D eigenvalue weighted by atomic mass is 10.00. The first-order valence-electron chi connectivity index (χ1n) is 25.4. The fourth-order valence-electron chi connectivity index (χ4n) is 7.77. The lowest BCUT2D eigenvalue weighted by Crippen LogP contribution is -2.53. The van der Waals surface area contributed by atoms with E-state index in [4.69, 9.17) is 0 Å². The second kappa shape index (κ2) is 46.6. The fourth-order valence-corrected chi connectivity index (χ4v) is 7.77. The van der Waals surface area contributed by atoms with E-state index in [0.29, 0.717) is 19.3 Å². The predicted octanol–water partition coefficient (Wildman–Crippen LogP) is 14.1. The van der Waals surface area contributed by atoms with Gasteiger partial charge in [-0.15, -0.1) is 0 Å². The number of hydrogen-bond acceptors (Lipinski definition) is 5. The van der Waals surface area contributed by atoms with Gasteiger partial charge in [0, 0.05) is 0 Å². The molecule has 0 radical (unpaired) electrons. The Kier molecular flexibility index (Phi) is 45.4. The monoisotopic (exact) mass is 818 g/mol. The minimum absolute atomic E-state index is 0.353. The SMILES string of the molecule is CCCCCCCC/C=C\CCCCCCCCC(O)C(=O)NC(CO)C(O)C(O)CCC/C=C/CC/C=C/CCCCCCCCCCCCCCCCCCC. The van der Waals surface area contributed by atoms with E-state index in [9.17, 15) is 25.2 Å². The summed E-state index contributed by atoms with van der Waals surface area (Å²) in [5.74, 6) is -0.602. The van der Waals surface area contributed by atoms with Crippen molar-refractivity contribution in [2.45, 2.75) is 282 Å². The van der Waals surface area contributed by atoms with Crippen LogP contribution in [0.3, 0.4) is 0 Å². The van der Waals surface area contributed by atoms with Gasteiger partial charge in [-0.3, -0.25) is 4.79 Å². The molecule has 0 spiro atoms. The van der Waals surface area contributed by atoms with Crippen LogP contribution in [0.5, 0.6) is 0 Å². The van der Waals surface area contributed by atoms with E-state index in [-0.39, 0.29) is 0 Å². The van der Waals surface area contributed by atoms with Crippen molar-refractivity contribution in [2.24, 2.45) is 0 Å². The third-order valence-corrected chi connectivity index (χ3v) is 11.8. The van der Waals surface area contributed by atoms with Crippen LogP contribution in [0.15, 0.2) is 36.5 Å². The Morgan fingerprint density at radius 2 is 0.724 bits per heavy atom. The van der Waals surface area contributed by atoms with Crippen molar-refractivity contribution in [3.63, 3.8) is 0 Å². The van der Waals surface area contributed by atoms with Crippen molar-refractivity contribution in [3.8, 4) is 0 Å². The van der Waals surface area contributed by atoms with Gasteiger partial charge in [0.2, 0.25) is 5.91 Å². The van der Waals surface area contributed by atoms with Crippen molar-refractivity contribution in [3.05, 3.63) is 36.5 Å². The Morgan fingerprint density at radius 1 is 0.414 bits per heavy atom. The van der Waals surface area contributed by atoms with Gasteiger partial charge in [-0.05, 0) is 77.0 Å². The number of carbonyl (C=O) groups excluding carboxylic acids is 1. The van der Waals surface area contributed by atoms with Crippen LogP contribution >= 0.6 is 0 Å². The summed E-state index contributed by atoms with van der Waals surface area (Å²) in [6.07, 6.45) is 56.3. The molecule has 5 N–H and O–H groups in total. The molecule has 0 bridgehead atoms. The molecule has 0 aromatic rings. The number of unbranched alkanes of at least 4 members (excludes halogenated alkanes) is 31. The molecule has 6 heteroatoms. The van der Waals surface area contributed by atoms with Gasteiger partial charge in [0.05, 0.1) is 18.8 Å². The molecule has 4 unspecified atom stereocenters. The van der Waals surface area contributed by atoms with Gasteiger partial charge < -0.3 is 25.7 Å². The quantitative estimate of drug-likeness (QED) is 0.0310. The number of aliphatic hydroxyl groups excluding tert-OH is 4. The van der Waals surface area contributed by atoms with Crippen molar-refractivity contribution >= 4 is 5.91 Å². The first kappa shape index (κ1) is 56.5. The molecule has 0 heterocycles. The molecule has 342 valence electrons. The number of aliphatic hydroxyl groups is 4. The molecule has 0 fully saturated rings. The first-order valence-corrected chi connectivity index (χ1v) is 25.4. The van der Waals surface area contributed by atoms with Crippen LogP contribution in [0.4, 0.5) is 0 Å². The molecular weight excluding hydrogens is 719 g/mol. The summed E-state index contributed by atoms with van der Waals surface area (Å²) in [6, 6.07) is -1.01. The second-order valence-electron chi connectivity index (χ2n) is 17.5. The normalized spacial score (nSPS) is 14.2. The van der Waals surface area contributed by atoms with E-state index in [0.717, 1.165) is 51.4 Å². The maximum Gasteiger partial charge on any atom is 0.249 e. The van der Waals surface area contributed by atoms with E-state index >= 15 is 0 Å². The number of amides is 1. The Hall–Kier alpha value is -1.47. The summed E-state index contributed by atoms with van der Waals surface area (Å²) in [5, 5.41) is 43.8. The van der Waals surface area contributed by atoms with E-state index in [2.05, 4.69) is 55.6 Å². The zero-order chi connectivity index (χ0) is 42.4. The number of nitrogens with one attached hydrogen (secondary N) is 1. The maximum absolute atomic E-state index is 12.5. The van der Waals surface area contributed by atoms with Crippen LogP contribution in [-0.2, 0) is 4.79 Å². The molecule has 0 aromatic heterocycles. The van der Waals surface area contributed by atoms with Crippen molar-refractivity contribution < 1.29 is 25.2 Å². The van der Waals surface area contributed by atoms with Crippen LogP contribution < -0.4 is 5.32 Å². The molecule has 0 saturated heterocycles. The minimum atomic E-state index is -1.29. The molecule has 0 aliphatic carbocycles. The van der Waals surface area contributed by atoms with E-state index in [1.54, 1.807) is 0 Å². The van der Waals surface area contributed by atoms with Crippen LogP contribution in [0.25, 0.3) is 0 Å².